The Morgan fingerprint density at radius 1 is 1.11 bits per heavy atom. The lowest BCUT2D eigenvalue weighted by molar-refractivity contribution is 0.0703. The summed E-state index contributed by atoms with van der Waals surface area (Å²) in [5, 5.41) is 9.27. The van der Waals surface area contributed by atoms with Crippen molar-refractivity contribution in [3.8, 4) is 11.1 Å². The molecule has 6 heteroatoms. The Morgan fingerprint density at radius 2 is 1.83 bits per heavy atom. The van der Waals surface area contributed by atoms with Gasteiger partial charge in [0.1, 0.15) is 15.2 Å². The number of hydrogen-bond acceptors (Lipinski definition) is 5. The van der Waals surface area contributed by atoms with E-state index in [1.54, 1.807) is 36.9 Å². The summed E-state index contributed by atoms with van der Waals surface area (Å²) in [7, 11) is 0. The van der Waals surface area contributed by atoms with Crippen molar-refractivity contribution in [2.75, 3.05) is 0 Å². The zero-order valence-corrected chi connectivity index (χ0v) is 9.89. The van der Waals surface area contributed by atoms with Crippen LogP contribution in [0.4, 0.5) is 0 Å². The summed E-state index contributed by atoms with van der Waals surface area (Å²) in [5.74, 6) is -0.966. The van der Waals surface area contributed by atoms with E-state index in [0.29, 0.717) is 15.9 Å². The predicted molar refractivity (Wildman–Crippen MR) is 67.6 cm³/mol. The van der Waals surface area contributed by atoms with Crippen molar-refractivity contribution >= 4 is 27.7 Å². The highest BCUT2D eigenvalue weighted by Crippen LogP contribution is 2.36. The van der Waals surface area contributed by atoms with Crippen LogP contribution in [0, 0.1) is 0 Å². The van der Waals surface area contributed by atoms with Crippen LogP contribution in [0.3, 0.4) is 0 Å². The Hall–Kier alpha value is -2.34. The van der Waals surface area contributed by atoms with Crippen LogP contribution in [0.25, 0.3) is 21.5 Å². The number of carbonyl (C=O) groups is 1. The Labute approximate surface area is 106 Å². The molecule has 0 saturated carbocycles. The second-order valence-corrected chi connectivity index (χ2v) is 4.56. The van der Waals surface area contributed by atoms with Crippen molar-refractivity contribution < 1.29 is 9.90 Å². The van der Waals surface area contributed by atoms with Crippen LogP contribution < -0.4 is 0 Å². The molecule has 0 unspecified atom stereocenters. The molecule has 0 fully saturated rings. The first kappa shape index (κ1) is 10.8. The largest absolute Gasteiger partial charge is 0.477 e. The van der Waals surface area contributed by atoms with Crippen LogP contribution in [0.15, 0.2) is 36.9 Å². The number of aromatic nitrogens is 3. The smallest absolute Gasteiger partial charge is 0.346 e. The summed E-state index contributed by atoms with van der Waals surface area (Å²) in [6.07, 6.45) is 6.37. The fourth-order valence-corrected chi connectivity index (χ4v) is 2.73. The molecule has 3 rings (SSSR count). The van der Waals surface area contributed by atoms with Crippen LogP contribution in [-0.2, 0) is 0 Å². The molecule has 1 N–H and O–H groups in total. The van der Waals surface area contributed by atoms with E-state index in [1.165, 1.54) is 0 Å². The van der Waals surface area contributed by atoms with Gasteiger partial charge in [0.25, 0.3) is 0 Å². The van der Waals surface area contributed by atoms with Gasteiger partial charge >= 0.3 is 5.97 Å². The molecule has 18 heavy (non-hydrogen) atoms. The lowest BCUT2D eigenvalue weighted by Gasteiger charge is -2.00. The van der Waals surface area contributed by atoms with Gasteiger partial charge in [-0.2, -0.15) is 0 Å². The van der Waals surface area contributed by atoms with Crippen LogP contribution in [0.2, 0.25) is 0 Å². The molecule has 88 valence electrons. The van der Waals surface area contributed by atoms with Crippen molar-refractivity contribution in [3.63, 3.8) is 0 Å². The van der Waals surface area contributed by atoms with Gasteiger partial charge in [-0.25, -0.2) is 9.78 Å². The van der Waals surface area contributed by atoms with E-state index < -0.39 is 5.97 Å². The molecule has 3 heterocycles. The average molecular weight is 257 g/mol. The van der Waals surface area contributed by atoms with E-state index in [-0.39, 0.29) is 4.88 Å². The van der Waals surface area contributed by atoms with Gasteiger partial charge in [0.15, 0.2) is 0 Å². The lowest BCUT2D eigenvalue weighted by atomic mass is 10.1. The maximum Gasteiger partial charge on any atom is 0.346 e. The van der Waals surface area contributed by atoms with Gasteiger partial charge in [0.2, 0.25) is 0 Å². The Bertz CT molecular complexity index is 725. The fraction of sp³-hybridized carbons (Fsp3) is 0. The Kier molecular flexibility index (Phi) is 2.49. The molecule has 3 aromatic rings. The first-order valence-electron chi connectivity index (χ1n) is 5.14. The molecule has 5 nitrogen and oxygen atoms in total. The molecular formula is C12H7N3O2S. The van der Waals surface area contributed by atoms with E-state index >= 15 is 0 Å². The molecular weight excluding hydrogens is 250 g/mol. The van der Waals surface area contributed by atoms with Crippen molar-refractivity contribution in [2.45, 2.75) is 0 Å². The number of carboxylic acids is 1. The average Bonchev–Trinajstić information content (AvgIpc) is 2.79. The summed E-state index contributed by atoms with van der Waals surface area (Å²) >= 11 is 1.13. The minimum atomic E-state index is -0.966. The quantitative estimate of drug-likeness (QED) is 0.763. The molecule has 0 aliphatic rings. The summed E-state index contributed by atoms with van der Waals surface area (Å²) in [6.45, 7) is 0. The lowest BCUT2D eigenvalue weighted by Crippen LogP contribution is -1.95. The number of nitrogens with zero attached hydrogens (tertiary/aromatic N) is 3. The second-order valence-electron chi connectivity index (χ2n) is 3.56. The van der Waals surface area contributed by atoms with Crippen molar-refractivity contribution in [2.24, 2.45) is 0 Å². The SMILES string of the molecule is O=C(O)c1sc2nccnc2c1-c1ccncc1. The molecule has 0 saturated heterocycles. The van der Waals surface area contributed by atoms with Crippen molar-refractivity contribution in [1.29, 1.82) is 0 Å². The summed E-state index contributed by atoms with van der Waals surface area (Å²) in [5.41, 5.74) is 2.01. The zero-order chi connectivity index (χ0) is 12.5. The Balaban J connectivity index is 2.38. The van der Waals surface area contributed by atoms with Gasteiger partial charge in [-0.05, 0) is 17.7 Å². The van der Waals surface area contributed by atoms with E-state index in [2.05, 4.69) is 15.0 Å². The number of rotatable bonds is 2. The third kappa shape index (κ3) is 1.63. The summed E-state index contributed by atoms with van der Waals surface area (Å²) in [6, 6.07) is 3.53. The van der Waals surface area contributed by atoms with Crippen molar-refractivity contribution in [1.82, 2.24) is 15.0 Å². The van der Waals surface area contributed by atoms with Crippen LogP contribution in [0.1, 0.15) is 9.67 Å². The highest BCUT2D eigenvalue weighted by molar-refractivity contribution is 7.21. The van der Waals surface area contributed by atoms with E-state index in [4.69, 9.17) is 0 Å². The van der Waals surface area contributed by atoms with Gasteiger partial charge in [0, 0.05) is 30.4 Å². The molecule has 0 amide bonds. The van der Waals surface area contributed by atoms with Gasteiger partial charge in [-0.15, -0.1) is 11.3 Å². The standard InChI is InChI=1S/C12H7N3O2S/c16-12(17)10-8(7-1-3-13-4-2-7)9-11(18-10)15-6-5-14-9/h1-6H,(H,16,17). The fourth-order valence-electron chi connectivity index (χ4n) is 1.76. The number of pyridine rings is 1. The molecule has 0 aliphatic heterocycles. The molecule has 3 aromatic heterocycles. The normalized spacial score (nSPS) is 10.7. The summed E-state index contributed by atoms with van der Waals surface area (Å²) in [4.78, 5) is 24.5. The molecule has 0 atom stereocenters. The molecule has 0 aromatic carbocycles. The maximum atomic E-state index is 11.3. The highest BCUT2D eigenvalue weighted by Gasteiger charge is 2.20. The summed E-state index contributed by atoms with van der Waals surface area (Å²) < 4.78 is 0. The number of fused-ring (bicyclic) bond motifs is 1. The van der Waals surface area contributed by atoms with E-state index in [9.17, 15) is 9.90 Å². The second kappa shape index (κ2) is 4.15. The first-order chi connectivity index (χ1) is 8.77. The number of aromatic carboxylic acids is 1. The van der Waals surface area contributed by atoms with Crippen molar-refractivity contribution in [3.05, 3.63) is 41.8 Å². The van der Waals surface area contributed by atoms with Crippen LogP contribution in [-0.4, -0.2) is 26.0 Å². The maximum absolute atomic E-state index is 11.3. The number of thiophene rings is 1. The predicted octanol–water partition coefficient (Wildman–Crippen LogP) is 2.45. The topological polar surface area (TPSA) is 76.0 Å². The van der Waals surface area contributed by atoms with E-state index in [1.807, 2.05) is 0 Å². The zero-order valence-electron chi connectivity index (χ0n) is 9.07. The monoisotopic (exact) mass is 257 g/mol. The van der Waals surface area contributed by atoms with Crippen LogP contribution in [0.5, 0.6) is 0 Å². The van der Waals surface area contributed by atoms with E-state index in [0.717, 1.165) is 16.9 Å². The molecule has 0 bridgehead atoms. The van der Waals surface area contributed by atoms with Gasteiger partial charge in [-0.3, -0.25) is 9.97 Å². The minimum Gasteiger partial charge on any atom is -0.477 e. The number of hydrogen-bond donors (Lipinski definition) is 1. The number of carboxylic acid groups (broad SMARTS) is 1. The highest BCUT2D eigenvalue weighted by atomic mass is 32.1. The molecule has 0 spiro atoms. The Morgan fingerprint density at radius 3 is 2.56 bits per heavy atom. The van der Waals surface area contributed by atoms with Gasteiger partial charge in [-0.1, -0.05) is 0 Å². The third-order valence-corrected chi connectivity index (χ3v) is 3.57. The van der Waals surface area contributed by atoms with Gasteiger partial charge < -0.3 is 5.11 Å². The molecule has 0 radical (unpaired) electrons. The first-order valence-corrected chi connectivity index (χ1v) is 5.96. The van der Waals surface area contributed by atoms with Gasteiger partial charge in [0.05, 0.1) is 0 Å². The third-order valence-electron chi connectivity index (χ3n) is 2.49. The minimum absolute atomic E-state index is 0.252. The van der Waals surface area contributed by atoms with Crippen LogP contribution >= 0.6 is 11.3 Å². The molecule has 0 aliphatic carbocycles.